The summed E-state index contributed by atoms with van der Waals surface area (Å²) in [6, 6.07) is 0. The maximum atomic E-state index is 5.59. The molecule has 1 aromatic rings. The fourth-order valence-corrected chi connectivity index (χ4v) is 2.10. The number of aromatic nitrogens is 1. The average molecular weight is 209 g/mol. The molecule has 1 aliphatic rings. The summed E-state index contributed by atoms with van der Waals surface area (Å²) in [6.07, 6.45) is 4.05. The van der Waals surface area contributed by atoms with Gasteiger partial charge in [0.25, 0.3) is 0 Å². The first-order valence-electron chi connectivity index (χ1n) is 5.70. The minimum Gasteiger partial charge on any atom is -0.444 e. The molecule has 1 aliphatic heterocycles. The summed E-state index contributed by atoms with van der Waals surface area (Å²) in [6.45, 7) is 6.11. The molecular formula is C11H19N3O. The maximum Gasteiger partial charge on any atom is 0.197 e. The van der Waals surface area contributed by atoms with Crippen molar-refractivity contribution in [3.8, 4) is 0 Å². The van der Waals surface area contributed by atoms with Crippen molar-refractivity contribution >= 4 is 0 Å². The standard InChI is InChI=1S/C11H19N3O/c1-2-14-5-3-9(4-6-14)11-13-8-10(7-12)15-11/h8-9H,2-7,12H2,1H3. The van der Waals surface area contributed by atoms with Crippen LogP contribution < -0.4 is 5.73 Å². The number of piperidine rings is 1. The van der Waals surface area contributed by atoms with Gasteiger partial charge in [0.05, 0.1) is 12.7 Å². The van der Waals surface area contributed by atoms with Crippen molar-refractivity contribution in [3.05, 3.63) is 17.8 Å². The highest BCUT2D eigenvalue weighted by Crippen LogP contribution is 2.27. The highest BCUT2D eigenvalue weighted by atomic mass is 16.4. The van der Waals surface area contributed by atoms with E-state index >= 15 is 0 Å². The molecule has 4 nitrogen and oxygen atoms in total. The topological polar surface area (TPSA) is 55.3 Å². The van der Waals surface area contributed by atoms with Crippen LogP contribution in [0.2, 0.25) is 0 Å². The predicted octanol–water partition coefficient (Wildman–Crippen LogP) is 1.33. The van der Waals surface area contributed by atoms with Crippen LogP contribution >= 0.6 is 0 Å². The van der Waals surface area contributed by atoms with E-state index in [1.165, 1.54) is 0 Å². The van der Waals surface area contributed by atoms with Crippen LogP contribution in [0.1, 0.15) is 37.3 Å². The second kappa shape index (κ2) is 4.77. The molecule has 15 heavy (non-hydrogen) atoms. The van der Waals surface area contributed by atoms with Crippen molar-refractivity contribution in [1.82, 2.24) is 9.88 Å². The number of nitrogens with two attached hydrogens (primary N) is 1. The molecule has 2 rings (SSSR count). The summed E-state index contributed by atoms with van der Waals surface area (Å²) in [4.78, 5) is 6.76. The molecule has 1 saturated heterocycles. The Hall–Kier alpha value is -0.870. The number of likely N-dealkylation sites (tertiary alicyclic amines) is 1. The molecule has 2 heterocycles. The zero-order valence-electron chi connectivity index (χ0n) is 9.28. The van der Waals surface area contributed by atoms with Crippen LogP contribution in [0.3, 0.4) is 0 Å². The Labute approximate surface area is 90.5 Å². The van der Waals surface area contributed by atoms with Crippen LogP contribution in [-0.2, 0) is 6.54 Å². The fraction of sp³-hybridized carbons (Fsp3) is 0.727. The molecule has 0 radical (unpaired) electrons. The largest absolute Gasteiger partial charge is 0.444 e. The van der Waals surface area contributed by atoms with E-state index in [0.717, 1.165) is 44.1 Å². The van der Waals surface area contributed by atoms with Gasteiger partial charge < -0.3 is 15.1 Å². The van der Waals surface area contributed by atoms with Gasteiger partial charge in [-0.25, -0.2) is 4.98 Å². The van der Waals surface area contributed by atoms with Gasteiger partial charge in [0.2, 0.25) is 0 Å². The Balaban J connectivity index is 1.95. The van der Waals surface area contributed by atoms with Gasteiger partial charge in [-0.1, -0.05) is 6.92 Å². The van der Waals surface area contributed by atoms with E-state index in [1.54, 1.807) is 6.20 Å². The number of hydrogen-bond donors (Lipinski definition) is 1. The third-order valence-corrected chi connectivity index (χ3v) is 3.16. The van der Waals surface area contributed by atoms with E-state index < -0.39 is 0 Å². The van der Waals surface area contributed by atoms with Crippen LogP contribution in [0.15, 0.2) is 10.6 Å². The van der Waals surface area contributed by atoms with Gasteiger partial charge in [-0.2, -0.15) is 0 Å². The smallest absolute Gasteiger partial charge is 0.197 e. The van der Waals surface area contributed by atoms with E-state index in [9.17, 15) is 0 Å². The Bertz CT molecular complexity index is 303. The molecule has 0 saturated carbocycles. The molecule has 84 valence electrons. The lowest BCUT2D eigenvalue weighted by atomic mass is 9.97. The first-order chi connectivity index (χ1) is 7.33. The van der Waals surface area contributed by atoms with Crippen LogP contribution in [0, 0.1) is 0 Å². The second-order valence-electron chi connectivity index (χ2n) is 4.08. The number of oxazole rings is 1. The zero-order chi connectivity index (χ0) is 10.7. The minimum atomic E-state index is 0.445. The van der Waals surface area contributed by atoms with Crippen molar-refractivity contribution in [1.29, 1.82) is 0 Å². The lowest BCUT2D eigenvalue weighted by Crippen LogP contribution is -2.32. The van der Waals surface area contributed by atoms with Crippen molar-refractivity contribution < 1.29 is 4.42 Å². The number of nitrogens with zero attached hydrogens (tertiary/aromatic N) is 2. The number of hydrogen-bond acceptors (Lipinski definition) is 4. The Morgan fingerprint density at radius 2 is 2.27 bits per heavy atom. The average Bonchev–Trinajstić information content (AvgIpc) is 2.78. The van der Waals surface area contributed by atoms with Gasteiger partial charge in [-0.15, -0.1) is 0 Å². The first-order valence-corrected chi connectivity index (χ1v) is 5.70. The fourth-order valence-electron chi connectivity index (χ4n) is 2.10. The second-order valence-corrected chi connectivity index (χ2v) is 4.08. The molecule has 1 aromatic heterocycles. The Morgan fingerprint density at radius 3 is 2.80 bits per heavy atom. The maximum absolute atomic E-state index is 5.59. The third kappa shape index (κ3) is 2.38. The Morgan fingerprint density at radius 1 is 1.53 bits per heavy atom. The van der Waals surface area contributed by atoms with Gasteiger partial charge >= 0.3 is 0 Å². The monoisotopic (exact) mass is 209 g/mol. The highest BCUT2D eigenvalue weighted by molar-refractivity contribution is 5.00. The van der Waals surface area contributed by atoms with Gasteiger partial charge in [-0.05, 0) is 32.5 Å². The molecular weight excluding hydrogens is 190 g/mol. The SMILES string of the molecule is CCN1CCC(c2ncc(CN)o2)CC1. The van der Waals surface area contributed by atoms with Crippen molar-refractivity contribution in [2.75, 3.05) is 19.6 Å². The van der Waals surface area contributed by atoms with E-state index in [1.807, 2.05) is 0 Å². The summed E-state index contributed by atoms with van der Waals surface area (Å²) in [7, 11) is 0. The van der Waals surface area contributed by atoms with Crippen molar-refractivity contribution in [2.24, 2.45) is 5.73 Å². The Kier molecular flexibility index (Phi) is 3.38. The summed E-state index contributed by atoms with van der Waals surface area (Å²) >= 11 is 0. The van der Waals surface area contributed by atoms with Gasteiger partial charge in [0.1, 0.15) is 5.76 Å². The lowest BCUT2D eigenvalue weighted by molar-refractivity contribution is 0.207. The summed E-state index contributed by atoms with van der Waals surface area (Å²) in [5, 5.41) is 0. The lowest BCUT2D eigenvalue weighted by Gasteiger charge is -2.29. The summed E-state index contributed by atoms with van der Waals surface area (Å²) in [5.74, 6) is 2.17. The molecule has 0 amide bonds. The molecule has 2 N–H and O–H groups in total. The highest BCUT2D eigenvalue weighted by Gasteiger charge is 2.23. The normalized spacial score (nSPS) is 19.6. The predicted molar refractivity (Wildman–Crippen MR) is 58.5 cm³/mol. The van der Waals surface area contributed by atoms with Crippen LogP contribution in [0.5, 0.6) is 0 Å². The molecule has 0 aliphatic carbocycles. The van der Waals surface area contributed by atoms with Gasteiger partial charge in [0.15, 0.2) is 5.89 Å². The van der Waals surface area contributed by atoms with Crippen LogP contribution in [-0.4, -0.2) is 29.5 Å². The molecule has 0 unspecified atom stereocenters. The van der Waals surface area contributed by atoms with E-state index in [4.69, 9.17) is 10.2 Å². The van der Waals surface area contributed by atoms with Crippen molar-refractivity contribution in [3.63, 3.8) is 0 Å². The van der Waals surface area contributed by atoms with Crippen LogP contribution in [0.4, 0.5) is 0 Å². The summed E-state index contributed by atoms with van der Waals surface area (Å²) in [5.41, 5.74) is 5.49. The third-order valence-electron chi connectivity index (χ3n) is 3.16. The van der Waals surface area contributed by atoms with Gasteiger partial charge in [-0.3, -0.25) is 0 Å². The molecule has 0 aromatic carbocycles. The first kappa shape index (κ1) is 10.6. The quantitative estimate of drug-likeness (QED) is 0.816. The van der Waals surface area contributed by atoms with E-state index in [2.05, 4.69) is 16.8 Å². The molecule has 0 atom stereocenters. The van der Waals surface area contributed by atoms with E-state index in [-0.39, 0.29) is 0 Å². The number of rotatable bonds is 3. The molecule has 4 heteroatoms. The molecule has 0 bridgehead atoms. The summed E-state index contributed by atoms with van der Waals surface area (Å²) < 4.78 is 5.59. The minimum absolute atomic E-state index is 0.445. The van der Waals surface area contributed by atoms with E-state index in [0.29, 0.717) is 12.5 Å². The van der Waals surface area contributed by atoms with Crippen molar-refractivity contribution in [2.45, 2.75) is 32.2 Å². The molecule has 1 fully saturated rings. The van der Waals surface area contributed by atoms with Gasteiger partial charge in [0, 0.05) is 5.92 Å². The zero-order valence-corrected chi connectivity index (χ0v) is 9.28. The van der Waals surface area contributed by atoms with Crippen LogP contribution in [0.25, 0.3) is 0 Å². The molecule has 0 spiro atoms.